The lowest BCUT2D eigenvalue weighted by atomic mass is 10.2. The molecule has 0 amide bonds. The quantitative estimate of drug-likeness (QED) is 0.511. The Balaban J connectivity index is 3.37. The minimum atomic E-state index is -4.97. The van der Waals surface area contributed by atoms with Crippen molar-refractivity contribution in [1.82, 2.24) is 4.98 Å². The number of nitrogens with zero attached hydrogens (tertiary/aromatic N) is 1. The minimum absolute atomic E-state index is 0.0499. The van der Waals surface area contributed by atoms with Crippen LogP contribution in [-0.2, 0) is 6.18 Å². The van der Waals surface area contributed by atoms with E-state index in [1.165, 1.54) is 0 Å². The Morgan fingerprint density at radius 1 is 1.23 bits per heavy atom. The molecule has 72 valence electrons. The number of anilines is 1. The molecule has 1 heterocycles. The van der Waals surface area contributed by atoms with Crippen molar-refractivity contribution in [2.45, 2.75) is 6.18 Å². The van der Waals surface area contributed by atoms with Crippen molar-refractivity contribution in [3.63, 3.8) is 0 Å². The van der Waals surface area contributed by atoms with E-state index < -0.39 is 29.3 Å². The topological polar surface area (TPSA) is 38.9 Å². The van der Waals surface area contributed by atoms with E-state index in [1.807, 2.05) is 0 Å². The highest BCUT2D eigenvalue weighted by atomic mass is 19.4. The Hall–Kier alpha value is -1.40. The van der Waals surface area contributed by atoms with Crippen molar-refractivity contribution in [2.24, 2.45) is 0 Å². The van der Waals surface area contributed by atoms with Crippen molar-refractivity contribution < 1.29 is 22.0 Å². The van der Waals surface area contributed by atoms with Crippen LogP contribution in [0.15, 0.2) is 6.07 Å². The van der Waals surface area contributed by atoms with Crippen LogP contribution in [0.25, 0.3) is 0 Å². The molecule has 0 aliphatic rings. The van der Waals surface area contributed by atoms with Crippen LogP contribution < -0.4 is 5.73 Å². The molecule has 0 bridgehead atoms. The maximum absolute atomic E-state index is 12.6. The second kappa shape index (κ2) is 2.82. The van der Waals surface area contributed by atoms with Gasteiger partial charge >= 0.3 is 6.18 Å². The van der Waals surface area contributed by atoms with Crippen molar-refractivity contribution in [3.8, 4) is 0 Å². The fourth-order valence-electron chi connectivity index (χ4n) is 0.723. The van der Waals surface area contributed by atoms with Crippen molar-refractivity contribution in [3.05, 3.63) is 23.4 Å². The van der Waals surface area contributed by atoms with Crippen LogP contribution >= 0.6 is 0 Å². The van der Waals surface area contributed by atoms with Crippen molar-refractivity contribution >= 4 is 5.82 Å². The van der Waals surface area contributed by atoms with Gasteiger partial charge in [-0.25, -0.2) is 4.39 Å². The number of nitrogen functional groups attached to an aromatic ring is 1. The van der Waals surface area contributed by atoms with Crippen LogP contribution in [0, 0.1) is 11.8 Å². The molecule has 0 saturated carbocycles. The molecule has 0 saturated heterocycles. The molecule has 1 aromatic rings. The number of nitrogens with two attached hydrogens (primary N) is 1. The Labute approximate surface area is 69.2 Å². The summed E-state index contributed by atoms with van der Waals surface area (Å²) in [6.07, 6.45) is -4.97. The predicted molar refractivity (Wildman–Crippen MR) is 33.6 cm³/mol. The summed E-state index contributed by atoms with van der Waals surface area (Å²) in [6.45, 7) is 0. The average Bonchev–Trinajstić information content (AvgIpc) is 1.94. The highest BCUT2D eigenvalue weighted by Gasteiger charge is 2.36. The number of halogens is 5. The first kappa shape index (κ1) is 9.69. The molecule has 0 aliphatic carbocycles. The predicted octanol–water partition coefficient (Wildman–Crippen LogP) is 1.96. The van der Waals surface area contributed by atoms with Gasteiger partial charge in [-0.3, -0.25) is 0 Å². The Bertz CT molecular complexity index is 333. The highest BCUT2D eigenvalue weighted by Crippen LogP contribution is 2.32. The molecule has 13 heavy (non-hydrogen) atoms. The van der Waals surface area contributed by atoms with E-state index in [4.69, 9.17) is 5.73 Å². The molecule has 0 radical (unpaired) electrons. The number of hydrogen-bond donors (Lipinski definition) is 1. The van der Waals surface area contributed by atoms with Gasteiger partial charge in [-0.2, -0.15) is 22.5 Å². The minimum Gasteiger partial charge on any atom is -0.381 e. The van der Waals surface area contributed by atoms with Crippen LogP contribution in [0.4, 0.5) is 27.8 Å². The van der Waals surface area contributed by atoms with E-state index in [2.05, 4.69) is 4.98 Å². The van der Waals surface area contributed by atoms with Gasteiger partial charge in [0.15, 0.2) is 11.6 Å². The monoisotopic (exact) mass is 198 g/mol. The molecule has 1 rings (SSSR count). The van der Waals surface area contributed by atoms with Gasteiger partial charge in [-0.15, -0.1) is 0 Å². The molecule has 0 spiro atoms. The summed E-state index contributed by atoms with van der Waals surface area (Å²) in [4.78, 5) is 2.68. The molecular formula is C6H3F5N2. The lowest BCUT2D eigenvalue weighted by Gasteiger charge is -2.08. The van der Waals surface area contributed by atoms with E-state index >= 15 is 0 Å². The largest absolute Gasteiger partial charge is 0.419 e. The molecule has 2 nitrogen and oxygen atoms in total. The van der Waals surface area contributed by atoms with Crippen molar-refractivity contribution in [1.29, 1.82) is 0 Å². The van der Waals surface area contributed by atoms with Gasteiger partial charge < -0.3 is 5.73 Å². The van der Waals surface area contributed by atoms with Crippen LogP contribution in [0.1, 0.15) is 5.56 Å². The summed E-state index contributed by atoms with van der Waals surface area (Å²) in [6, 6.07) is -0.0499. The highest BCUT2D eigenvalue weighted by molar-refractivity contribution is 5.36. The van der Waals surface area contributed by atoms with Gasteiger partial charge in [0, 0.05) is 6.07 Å². The number of pyridine rings is 1. The Morgan fingerprint density at radius 2 is 1.77 bits per heavy atom. The second-order valence-electron chi connectivity index (χ2n) is 2.19. The van der Waals surface area contributed by atoms with Crippen LogP contribution in [0.5, 0.6) is 0 Å². The summed E-state index contributed by atoms with van der Waals surface area (Å²) < 4.78 is 60.6. The molecular weight excluding hydrogens is 195 g/mol. The molecule has 1 aromatic heterocycles. The van der Waals surface area contributed by atoms with E-state index in [0.717, 1.165) is 0 Å². The zero-order chi connectivity index (χ0) is 10.2. The number of hydrogen-bond acceptors (Lipinski definition) is 2. The van der Waals surface area contributed by atoms with Crippen LogP contribution in [0.3, 0.4) is 0 Å². The second-order valence-corrected chi connectivity index (χ2v) is 2.19. The first-order valence-electron chi connectivity index (χ1n) is 3.01. The normalized spacial score (nSPS) is 11.8. The summed E-state index contributed by atoms with van der Waals surface area (Å²) >= 11 is 0. The van der Waals surface area contributed by atoms with Gasteiger partial charge in [-0.05, 0) is 0 Å². The summed E-state index contributed by atoms with van der Waals surface area (Å²) in [5, 5.41) is 0. The number of aromatic nitrogens is 1. The van der Waals surface area contributed by atoms with Gasteiger partial charge in [0.2, 0.25) is 5.95 Å². The van der Waals surface area contributed by atoms with Crippen molar-refractivity contribution in [2.75, 3.05) is 5.73 Å². The smallest absolute Gasteiger partial charge is 0.381 e. The van der Waals surface area contributed by atoms with Gasteiger partial charge in [0.25, 0.3) is 0 Å². The van der Waals surface area contributed by atoms with Gasteiger partial charge in [0.1, 0.15) is 0 Å². The molecule has 2 N–H and O–H groups in total. The summed E-state index contributed by atoms with van der Waals surface area (Å²) in [5.41, 5.74) is 2.94. The third kappa shape index (κ3) is 1.85. The Kier molecular flexibility index (Phi) is 2.10. The number of rotatable bonds is 0. The first-order valence-corrected chi connectivity index (χ1v) is 3.01. The summed E-state index contributed by atoms with van der Waals surface area (Å²) in [7, 11) is 0. The molecule has 0 fully saturated rings. The fourth-order valence-corrected chi connectivity index (χ4v) is 0.723. The zero-order valence-electron chi connectivity index (χ0n) is 5.99. The third-order valence-electron chi connectivity index (χ3n) is 1.26. The maximum atomic E-state index is 12.6. The van der Waals surface area contributed by atoms with Gasteiger partial charge in [0.05, 0.1) is 5.56 Å². The lowest BCUT2D eigenvalue weighted by molar-refractivity contribution is -0.140. The van der Waals surface area contributed by atoms with Crippen LogP contribution in [0.2, 0.25) is 0 Å². The molecule has 0 aromatic carbocycles. The molecule has 0 aliphatic heterocycles. The molecule has 0 atom stereocenters. The lowest BCUT2D eigenvalue weighted by Crippen LogP contribution is -2.12. The maximum Gasteiger partial charge on any atom is 0.419 e. The first-order chi connectivity index (χ1) is 5.82. The SMILES string of the molecule is Nc1nc(F)cc(C(F)(F)F)c1F. The number of alkyl halides is 3. The van der Waals surface area contributed by atoms with E-state index in [1.54, 1.807) is 0 Å². The van der Waals surface area contributed by atoms with Crippen LogP contribution in [-0.4, -0.2) is 4.98 Å². The third-order valence-corrected chi connectivity index (χ3v) is 1.26. The average molecular weight is 198 g/mol. The standard InChI is InChI=1S/C6H3F5N2/c7-3-1-2(6(9,10)11)4(8)5(12)13-3/h1H,(H2,12,13). The molecule has 0 unspecified atom stereocenters. The van der Waals surface area contributed by atoms with E-state index in [0.29, 0.717) is 0 Å². The van der Waals surface area contributed by atoms with E-state index in [9.17, 15) is 22.0 Å². The summed E-state index contributed by atoms with van der Waals surface area (Å²) in [5.74, 6) is -4.33. The fraction of sp³-hybridized carbons (Fsp3) is 0.167. The Morgan fingerprint density at radius 3 is 2.23 bits per heavy atom. The van der Waals surface area contributed by atoms with E-state index in [-0.39, 0.29) is 6.07 Å². The zero-order valence-corrected chi connectivity index (χ0v) is 5.99. The van der Waals surface area contributed by atoms with Gasteiger partial charge in [-0.1, -0.05) is 0 Å². The molecule has 7 heteroatoms.